The Morgan fingerprint density at radius 1 is 1.25 bits per heavy atom. The fourth-order valence-electron chi connectivity index (χ4n) is 3.89. The van der Waals surface area contributed by atoms with Gasteiger partial charge in [0.05, 0.1) is 6.04 Å². The van der Waals surface area contributed by atoms with Gasteiger partial charge in [-0.05, 0) is 56.4 Å². The largest absolute Gasteiger partial charge is 0.354 e. The predicted molar refractivity (Wildman–Crippen MR) is 63.0 cm³/mol. The van der Waals surface area contributed by atoms with Crippen molar-refractivity contribution < 1.29 is 4.79 Å². The minimum atomic E-state index is 0.0959. The Bertz CT molecular complexity index is 273. The van der Waals surface area contributed by atoms with Crippen LogP contribution >= 0.6 is 0 Å². The number of fused-ring (bicyclic) bond motifs is 2. The van der Waals surface area contributed by atoms with Crippen LogP contribution in [-0.4, -0.2) is 25.0 Å². The summed E-state index contributed by atoms with van der Waals surface area (Å²) >= 11 is 0. The van der Waals surface area contributed by atoms with E-state index in [0.717, 1.165) is 43.7 Å². The molecule has 0 aromatic rings. The first kappa shape index (κ1) is 10.6. The first-order valence-electron chi connectivity index (χ1n) is 6.84. The molecule has 1 saturated heterocycles. The van der Waals surface area contributed by atoms with Gasteiger partial charge >= 0.3 is 0 Å². The van der Waals surface area contributed by atoms with Gasteiger partial charge in [-0.2, -0.15) is 0 Å². The molecule has 3 heteroatoms. The van der Waals surface area contributed by atoms with Crippen LogP contribution in [0.3, 0.4) is 0 Å². The minimum absolute atomic E-state index is 0.0959. The number of amides is 1. The number of hydrogen-bond donors (Lipinski definition) is 2. The molecule has 3 aliphatic rings. The van der Waals surface area contributed by atoms with Gasteiger partial charge in [-0.25, -0.2) is 0 Å². The highest BCUT2D eigenvalue weighted by atomic mass is 16.2. The van der Waals surface area contributed by atoms with Crippen LogP contribution in [0.1, 0.15) is 38.5 Å². The summed E-state index contributed by atoms with van der Waals surface area (Å²) in [5.41, 5.74) is 0. The van der Waals surface area contributed by atoms with E-state index < -0.39 is 0 Å². The first-order chi connectivity index (χ1) is 7.83. The number of carbonyl (C=O) groups excluding carboxylic acids is 1. The number of nitrogens with one attached hydrogen (secondary N) is 2. The van der Waals surface area contributed by atoms with E-state index in [9.17, 15) is 4.79 Å². The molecule has 1 amide bonds. The molecule has 3 nitrogen and oxygen atoms in total. The molecule has 90 valence electrons. The summed E-state index contributed by atoms with van der Waals surface area (Å²) < 4.78 is 0. The number of hydrogen-bond acceptors (Lipinski definition) is 2. The monoisotopic (exact) mass is 222 g/mol. The molecule has 0 aromatic carbocycles. The SMILES string of the molecule is O=C(NCC1CC2CCC1C2)[C@@H]1CCCN1. The minimum Gasteiger partial charge on any atom is -0.354 e. The van der Waals surface area contributed by atoms with Crippen molar-refractivity contribution in [1.82, 2.24) is 10.6 Å². The van der Waals surface area contributed by atoms with Crippen molar-refractivity contribution in [2.45, 2.75) is 44.6 Å². The average Bonchev–Trinajstić information content (AvgIpc) is 3.01. The maximum absolute atomic E-state index is 11.8. The highest BCUT2D eigenvalue weighted by Crippen LogP contribution is 2.47. The lowest BCUT2D eigenvalue weighted by Crippen LogP contribution is -2.42. The Morgan fingerprint density at radius 2 is 2.19 bits per heavy atom. The van der Waals surface area contributed by atoms with E-state index in [0.29, 0.717) is 0 Å². The molecule has 2 bridgehead atoms. The molecule has 1 aliphatic heterocycles. The lowest BCUT2D eigenvalue weighted by atomic mass is 9.89. The van der Waals surface area contributed by atoms with Crippen molar-refractivity contribution in [2.24, 2.45) is 17.8 Å². The van der Waals surface area contributed by atoms with E-state index in [4.69, 9.17) is 0 Å². The molecule has 2 aliphatic carbocycles. The fraction of sp³-hybridized carbons (Fsp3) is 0.923. The van der Waals surface area contributed by atoms with Crippen molar-refractivity contribution in [3.05, 3.63) is 0 Å². The topological polar surface area (TPSA) is 41.1 Å². The molecule has 3 unspecified atom stereocenters. The van der Waals surface area contributed by atoms with E-state index >= 15 is 0 Å². The van der Waals surface area contributed by atoms with Crippen molar-refractivity contribution >= 4 is 5.91 Å². The van der Waals surface area contributed by atoms with E-state index in [1.165, 1.54) is 25.7 Å². The van der Waals surface area contributed by atoms with Crippen LogP contribution in [0, 0.1) is 17.8 Å². The third-order valence-electron chi connectivity index (χ3n) is 4.80. The van der Waals surface area contributed by atoms with E-state index in [1.807, 2.05) is 0 Å². The molecule has 2 N–H and O–H groups in total. The van der Waals surface area contributed by atoms with Crippen molar-refractivity contribution in [2.75, 3.05) is 13.1 Å². The second-order valence-electron chi connectivity index (χ2n) is 5.83. The third kappa shape index (κ3) is 1.97. The zero-order valence-corrected chi connectivity index (χ0v) is 9.87. The van der Waals surface area contributed by atoms with Crippen molar-refractivity contribution in [3.63, 3.8) is 0 Å². The summed E-state index contributed by atoms with van der Waals surface area (Å²) in [6, 6.07) is 0.0959. The second-order valence-corrected chi connectivity index (χ2v) is 5.83. The lowest BCUT2D eigenvalue weighted by molar-refractivity contribution is -0.123. The molecular weight excluding hydrogens is 200 g/mol. The normalized spacial score (nSPS) is 41.5. The zero-order valence-electron chi connectivity index (χ0n) is 9.87. The number of carbonyl (C=O) groups is 1. The van der Waals surface area contributed by atoms with Crippen LogP contribution in [0.2, 0.25) is 0 Å². The van der Waals surface area contributed by atoms with Crippen molar-refractivity contribution in [1.29, 1.82) is 0 Å². The molecule has 3 rings (SSSR count). The third-order valence-corrected chi connectivity index (χ3v) is 4.80. The Hall–Kier alpha value is -0.570. The van der Waals surface area contributed by atoms with Gasteiger partial charge in [-0.3, -0.25) is 4.79 Å². The van der Waals surface area contributed by atoms with Crippen LogP contribution in [-0.2, 0) is 4.79 Å². The Kier molecular flexibility index (Phi) is 2.88. The quantitative estimate of drug-likeness (QED) is 0.755. The van der Waals surface area contributed by atoms with Crippen LogP contribution < -0.4 is 10.6 Å². The van der Waals surface area contributed by atoms with Crippen LogP contribution in [0.15, 0.2) is 0 Å². The molecule has 1 heterocycles. The smallest absolute Gasteiger partial charge is 0.237 e. The van der Waals surface area contributed by atoms with E-state index in [2.05, 4.69) is 10.6 Å². The van der Waals surface area contributed by atoms with E-state index in [1.54, 1.807) is 0 Å². The van der Waals surface area contributed by atoms with Gasteiger partial charge in [0.15, 0.2) is 0 Å². The van der Waals surface area contributed by atoms with Crippen LogP contribution in [0.5, 0.6) is 0 Å². The zero-order chi connectivity index (χ0) is 11.0. The van der Waals surface area contributed by atoms with Gasteiger partial charge < -0.3 is 10.6 Å². The predicted octanol–water partition coefficient (Wildman–Crippen LogP) is 1.29. The summed E-state index contributed by atoms with van der Waals surface area (Å²) in [4.78, 5) is 11.8. The molecule has 0 spiro atoms. The highest BCUT2D eigenvalue weighted by Gasteiger charge is 2.39. The molecule has 2 saturated carbocycles. The molecule has 16 heavy (non-hydrogen) atoms. The lowest BCUT2D eigenvalue weighted by Gasteiger charge is -2.22. The Balaban J connectivity index is 1.44. The second kappa shape index (κ2) is 4.36. The van der Waals surface area contributed by atoms with Gasteiger partial charge in [-0.1, -0.05) is 6.42 Å². The molecule has 0 radical (unpaired) electrons. The Morgan fingerprint density at radius 3 is 2.81 bits per heavy atom. The standard InChI is InChI=1S/C13H22N2O/c16-13(12-2-1-5-14-12)15-8-11-7-9-3-4-10(11)6-9/h9-12,14H,1-8H2,(H,15,16)/t9?,10?,11?,12-/m0/s1. The molecule has 0 aromatic heterocycles. The summed E-state index contributed by atoms with van der Waals surface area (Å²) in [5, 5.41) is 6.40. The molecule has 3 fully saturated rings. The van der Waals surface area contributed by atoms with Crippen LogP contribution in [0.4, 0.5) is 0 Å². The van der Waals surface area contributed by atoms with Gasteiger partial charge in [0, 0.05) is 6.54 Å². The van der Waals surface area contributed by atoms with Gasteiger partial charge in [0.2, 0.25) is 5.91 Å². The summed E-state index contributed by atoms with van der Waals surface area (Å²) in [6.45, 7) is 1.93. The summed E-state index contributed by atoms with van der Waals surface area (Å²) in [6.07, 6.45) is 7.81. The Labute approximate surface area is 97.4 Å². The summed E-state index contributed by atoms with van der Waals surface area (Å²) in [5.74, 6) is 2.92. The van der Waals surface area contributed by atoms with Crippen molar-refractivity contribution in [3.8, 4) is 0 Å². The van der Waals surface area contributed by atoms with Gasteiger partial charge in [0.25, 0.3) is 0 Å². The van der Waals surface area contributed by atoms with Gasteiger partial charge in [0.1, 0.15) is 0 Å². The maximum Gasteiger partial charge on any atom is 0.237 e. The van der Waals surface area contributed by atoms with E-state index in [-0.39, 0.29) is 11.9 Å². The average molecular weight is 222 g/mol. The summed E-state index contributed by atoms with van der Waals surface area (Å²) in [7, 11) is 0. The molecular formula is C13H22N2O. The van der Waals surface area contributed by atoms with Crippen LogP contribution in [0.25, 0.3) is 0 Å². The maximum atomic E-state index is 11.8. The molecule has 4 atom stereocenters. The first-order valence-corrected chi connectivity index (χ1v) is 6.84. The fourth-order valence-corrected chi connectivity index (χ4v) is 3.89. The highest BCUT2D eigenvalue weighted by molar-refractivity contribution is 5.81. The number of rotatable bonds is 3. The van der Waals surface area contributed by atoms with Gasteiger partial charge in [-0.15, -0.1) is 0 Å².